The molecule has 1 aliphatic carbocycles. The summed E-state index contributed by atoms with van der Waals surface area (Å²) in [6.07, 6.45) is 1.48. The summed E-state index contributed by atoms with van der Waals surface area (Å²) in [5.41, 5.74) is 3.49. The molecule has 0 spiro atoms. The number of hydrogen-bond donors (Lipinski definition) is 0. The Morgan fingerprint density at radius 2 is 1.54 bits per heavy atom. The van der Waals surface area contributed by atoms with Crippen molar-refractivity contribution >= 4 is 5.69 Å². The van der Waals surface area contributed by atoms with E-state index < -0.39 is 6.43 Å². The molecular weight excluding hydrogens is 330 g/mol. The van der Waals surface area contributed by atoms with Crippen LogP contribution in [0.1, 0.15) is 58.4 Å². The van der Waals surface area contributed by atoms with E-state index in [9.17, 15) is 8.78 Å². The van der Waals surface area contributed by atoms with Crippen LogP contribution >= 0.6 is 0 Å². The summed E-state index contributed by atoms with van der Waals surface area (Å²) in [7, 11) is 0. The molecule has 26 heavy (non-hydrogen) atoms. The molecule has 2 fully saturated rings. The lowest BCUT2D eigenvalue weighted by Gasteiger charge is -2.46. The Kier molecular flexibility index (Phi) is 5.62. The van der Waals surface area contributed by atoms with Crippen LogP contribution in [0, 0.1) is 10.8 Å². The maximum Gasteiger partial charge on any atom is 0.251 e. The highest BCUT2D eigenvalue weighted by Gasteiger charge is 2.39. The van der Waals surface area contributed by atoms with E-state index in [1.165, 1.54) is 30.5 Å². The van der Waals surface area contributed by atoms with E-state index in [0.717, 1.165) is 26.2 Å². The molecule has 4 heteroatoms. The van der Waals surface area contributed by atoms with Crippen LogP contribution in [-0.2, 0) is 0 Å². The molecule has 1 saturated heterocycles. The van der Waals surface area contributed by atoms with Crippen LogP contribution in [0.4, 0.5) is 14.5 Å². The molecule has 0 N–H and O–H groups in total. The molecule has 1 saturated carbocycles. The third kappa shape index (κ3) is 4.76. The largest absolute Gasteiger partial charge is 0.369 e. The Balaban J connectivity index is 1.77. The molecule has 1 heterocycles. The lowest BCUT2D eigenvalue weighted by atomic mass is 9.60. The maximum atomic E-state index is 12.6. The van der Waals surface area contributed by atoms with Gasteiger partial charge in [0.2, 0.25) is 0 Å². The van der Waals surface area contributed by atoms with Crippen molar-refractivity contribution < 1.29 is 8.78 Å². The van der Waals surface area contributed by atoms with Gasteiger partial charge >= 0.3 is 0 Å². The summed E-state index contributed by atoms with van der Waals surface area (Å²) in [5, 5.41) is 0. The standard InChI is InChI=1S/C22H34F2N2/c1-21(2)13-17(14-22(3,4)16-21)18-7-5-6-8-19(18)26-11-9-25(10-12-26)15-20(23)24/h5-8,17,20H,9-16H2,1-4H3. The number of para-hydroxylation sites is 1. The molecule has 1 aliphatic heterocycles. The highest BCUT2D eigenvalue weighted by Crippen LogP contribution is 2.53. The first-order chi connectivity index (χ1) is 12.2. The second-order valence-electron chi connectivity index (χ2n) is 9.85. The zero-order valence-electron chi connectivity index (χ0n) is 16.8. The number of rotatable bonds is 4. The molecular formula is C22H34F2N2. The van der Waals surface area contributed by atoms with Crippen LogP contribution in [0.3, 0.4) is 0 Å². The van der Waals surface area contributed by atoms with Crippen molar-refractivity contribution in [2.75, 3.05) is 37.6 Å². The molecule has 0 radical (unpaired) electrons. The molecule has 2 nitrogen and oxygen atoms in total. The maximum absolute atomic E-state index is 12.6. The predicted octanol–water partition coefficient (Wildman–Crippen LogP) is 5.39. The fourth-order valence-electron chi connectivity index (χ4n) is 5.55. The summed E-state index contributed by atoms with van der Waals surface area (Å²) < 4.78 is 25.3. The number of hydrogen-bond acceptors (Lipinski definition) is 2. The van der Waals surface area contributed by atoms with Crippen molar-refractivity contribution in [1.29, 1.82) is 0 Å². The normalized spacial score (nSPS) is 24.2. The summed E-state index contributed by atoms with van der Waals surface area (Å²) in [5.74, 6) is 0.573. The monoisotopic (exact) mass is 364 g/mol. The van der Waals surface area contributed by atoms with Crippen LogP contribution in [0.25, 0.3) is 0 Å². The number of piperazine rings is 1. The van der Waals surface area contributed by atoms with Gasteiger partial charge in [-0.25, -0.2) is 8.78 Å². The average molecular weight is 365 g/mol. The molecule has 1 aromatic rings. The third-order valence-electron chi connectivity index (χ3n) is 6.04. The topological polar surface area (TPSA) is 6.48 Å². The first kappa shape index (κ1) is 19.6. The van der Waals surface area contributed by atoms with Gasteiger partial charge in [-0.1, -0.05) is 45.9 Å². The summed E-state index contributed by atoms with van der Waals surface area (Å²) >= 11 is 0. The first-order valence-electron chi connectivity index (χ1n) is 10.00. The minimum absolute atomic E-state index is 0.0967. The smallest absolute Gasteiger partial charge is 0.251 e. The second-order valence-corrected chi connectivity index (χ2v) is 9.85. The highest BCUT2D eigenvalue weighted by atomic mass is 19.3. The molecule has 146 valence electrons. The molecule has 0 unspecified atom stereocenters. The van der Waals surface area contributed by atoms with Crippen molar-refractivity contribution in [2.24, 2.45) is 10.8 Å². The van der Waals surface area contributed by atoms with Crippen LogP contribution in [-0.4, -0.2) is 44.0 Å². The van der Waals surface area contributed by atoms with E-state index in [1.54, 1.807) is 0 Å². The third-order valence-corrected chi connectivity index (χ3v) is 6.04. The molecule has 0 aromatic heterocycles. The van der Waals surface area contributed by atoms with Crippen LogP contribution in [0.15, 0.2) is 24.3 Å². The van der Waals surface area contributed by atoms with Crippen LogP contribution in [0.2, 0.25) is 0 Å². The van der Waals surface area contributed by atoms with Crippen LogP contribution < -0.4 is 4.90 Å². The van der Waals surface area contributed by atoms with Gasteiger partial charge in [-0.05, 0) is 47.6 Å². The van der Waals surface area contributed by atoms with Gasteiger partial charge in [0.15, 0.2) is 0 Å². The van der Waals surface area contributed by atoms with E-state index in [0.29, 0.717) is 16.7 Å². The minimum atomic E-state index is -2.24. The number of anilines is 1. The van der Waals surface area contributed by atoms with Crippen LogP contribution in [0.5, 0.6) is 0 Å². The van der Waals surface area contributed by atoms with Crippen molar-refractivity contribution in [3.63, 3.8) is 0 Å². The Morgan fingerprint density at radius 1 is 0.962 bits per heavy atom. The van der Waals surface area contributed by atoms with Crippen molar-refractivity contribution in [1.82, 2.24) is 4.90 Å². The van der Waals surface area contributed by atoms with Gasteiger partial charge in [-0.3, -0.25) is 4.90 Å². The fourth-order valence-corrected chi connectivity index (χ4v) is 5.55. The molecule has 2 aliphatic rings. The summed E-state index contributed by atoms with van der Waals surface area (Å²) in [6, 6.07) is 8.79. The van der Waals surface area contributed by atoms with Gasteiger partial charge in [0.05, 0.1) is 6.54 Å². The van der Waals surface area contributed by atoms with Gasteiger partial charge in [-0.2, -0.15) is 0 Å². The lowest BCUT2D eigenvalue weighted by Crippen LogP contribution is -2.48. The van der Waals surface area contributed by atoms with Crippen molar-refractivity contribution in [3.8, 4) is 0 Å². The fraction of sp³-hybridized carbons (Fsp3) is 0.727. The quantitative estimate of drug-likeness (QED) is 0.706. The number of nitrogens with zero attached hydrogens (tertiary/aromatic N) is 2. The Bertz CT molecular complexity index is 588. The number of halogens is 2. The van der Waals surface area contributed by atoms with Crippen molar-refractivity contribution in [2.45, 2.75) is 59.3 Å². The van der Waals surface area contributed by atoms with E-state index in [-0.39, 0.29) is 6.54 Å². The molecule has 1 aromatic carbocycles. The minimum Gasteiger partial charge on any atom is -0.369 e. The molecule has 0 amide bonds. The highest BCUT2D eigenvalue weighted by molar-refractivity contribution is 5.56. The molecule has 0 bridgehead atoms. The van der Waals surface area contributed by atoms with Gasteiger partial charge in [-0.15, -0.1) is 0 Å². The zero-order valence-corrected chi connectivity index (χ0v) is 16.8. The number of alkyl halides is 2. The number of benzene rings is 1. The molecule has 3 rings (SSSR count). The van der Waals surface area contributed by atoms with E-state index in [4.69, 9.17) is 0 Å². The van der Waals surface area contributed by atoms with Gasteiger partial charge < -0.3 is 4.90 Å². The average Bonchev–Trinajstić information content (AvgIpc) is 2.52. The Hall–Kier alpha value is -1.16. The van der Waals surface area contributed by atoms with Crippen molar-refractivity contribution in [3.05, 3.63) is 29.8 Å². The lowest BCUT2D eigenvalue weighted by molar-refractivity contribution is 0.0853. The summed E-state index contributed by atoms with van der Waals surface area (Å²) in [6.45, 7) is 12.6. The van der Waals surface area contributed by atoms with Gasteiger partial charge in [0.1, 0.15) is 0 Å². The van der Waals surface area contributed by atoms with E-state index in [2.05, 4.69) is 56.9 Å². The Morgan fingerprint density at radius 3 is 2.12 bits per heavy atom. The Labute approximate surface area is 157 Å². The van der Waals surface area contributed by atoms with E-state index >= 15 is 0 Å². The second kappa shape index (κ2) is 7.46. The zero-order chi connectivity index (χ0) is 18.9. The van der Waals surface area contributed by atoms with E-state index in [1.807, 2.05) is 4.90 Å². The summed E-state index contributed by atoms with van der Waals surface area (Å²) in [4.78, 5) is 4.29. The SMILES string of the molecule is CC1(C)CC(c2ccccc2N2CCN(CC(F)F)CC2)CC(C)(C)C1. The predicted molar refractivity (Wildman–Crippen MR) is 105 cm³/mol. The molecule has 0 atom stereocenters. The first-order valence-corrected chi connectivity index (χ1v) is 10.00. The van der Waals surface area contributed by atoms with Gasteiger partial charge in [0.25, 0.3) is 6.43 Å². The van der Waals surface area contributed by atoms with Gasteiger partial charge in [0, 0.05) is 31.9 Å².